The monoisotopic (exact) mass is 512 g/mol. The number of likely N-dealkylation sites (N-methyl/N-ethyl adjacent to an activating group) is 1. The Labute approximate surface area is 209 Å². The number of ether oxygens (including phenoxy) is 1. The summed E-state index contributed by atoms with van der Waals surface area (Å²) in [6, 6.07) is 9.89. The minimum atomic E-state index is -3.65. The van der Waals surface area contributed by atoms with Gasteiger partial charge < -0.3 is 9.64 Å². The summed E-state index contributed by atoms with van der Waals surface area (Å²) >= 11 is 0. The molecule has 4 aromatic rings. The summed E-state index contributed by atoms with van der Waals surface area (Å²) in [4.78, 5) is 2.36. The minimum Gasteiger partial charge on any atom is -0.495 e. The van der Waals surface area contributed by atoms with Gasteiger partial charge in [0.1, 0.15) is 16.5 Å². The molecule has 190 valence electrons. The second-order valence-corrected chi connectivity index (χ2v) is 11.0. The molecule has 36 heavy (non-hydrogen) atoms. The average Bonchev–Trinajstić information content (AvgIpc) is 3.63. The molecule has 0 spiro atoms. The first-order valence-corrected chi connectivity index (χ1v) is 13.3. The van der Waals surface area contributed by atoms with Crippen molar-refractivity contribution < 1.29 is 17.5 Å². The molecule has 0 unspecified atom stereocenters. The highest BCUT2D eigenvalue weighted by atomic mass is 32.2. The zero-order chi connectivity index (χ0) is 25.4. The molecule has 2 aromatic heterocycles. The summed E-state index contributed by atoms with van der Waals surface area (Å²) in [5.74, 6) is 0.360. The molecule has 1 saturated heterocycles. The third kappa shape index (κ3) is 4.33. The molecule has 9 nitrogen and oxygen atoms in total. The normalized spacial score (nSPS) is 16.4. The largest absolute Gasteiger partial charge is 0.495 e. The lowest BCUT2D eigenvalue weighted by Crippen LogP contribution is -2.39. The van der Waals surface area contributed by atoms with Crippen molar-refractivity contribution >= 4 is 26.6 Å². The average molecular weight is 513 g/mol. The number of methoxy groups -OCH3 is 1. The van der Waals surface area contributed by atoms with Crippen LogP contribution in [0, 0.1) is 5.82 Å². The van der Waals surface area contributed by atoms with Crippen LogP contribution in [-0.4, -0.2) is 65.6 Å². The number of aromatic nitrogens is 4. The second kappa shape index (κ2) is 9.55. The molecule has 3 heterocycles. The molecule has 5 rings (SSSR count). The number of aryl methyl sites for hydroxylation is 1. The number of fused-ring (bicyclic) bond motifs is 1. The predicted molar refractivity (Wildman–Crippen MR) is 136 cm³/mol. The highest BCUT2D eigenvalue weighted by Crippen LogP contribution is 2.37. The molecule has 1 aliphatic heterocycles. The van der Waals surface area contributed by atoms with Gasteiger partial charge in [-0.15, -0.1) is 0 Å². The maximum Gasteiger partial charge on any atom is 0.246 e. The lowest BCUT2D eigenvalue weighted by atomic mass is 10.2. The van der Waals surface area contributed by atoms with Crippen molar-refractivity contribution in [3.8, 4) is 11.4 Å². The number of halogens is 1. The summed E-state index contributed by atoms with van der Waals surface area (Å²) in [7, 11) is -0.409. The van der Waals surface area contributed by atoms with Gasteiger partial charge in [0.25, 0.3) is 0 Å². The number of hydrogen-bond donors (Lipinski definition) is 0. The third-order valence-corrected chi connectivity index (χ3v) is 8.56. The summed E-state index contributed by atoms with van der Waals surface area (Å²) in [5.41, 5.74) is 2.46. The van der Waals surface area contributed by atoms with E-state index in [1.165, 1.54) is 22.6 Å². The van der Waals surface area contributed by atoms with Gasteiger partial charge in [-0.25, -0.2) is 17.5 Å². The molecule has 0 radical (unpaired) electrons. The third-order valence-electron chi connectivity index (χ3n) is 6.70. The van der Waals surface area contributed by atoms with Gasteiger partial charge in [-0.2, -0.15) is 14.5 Å². The van der Waals surface area contributed by atoms with Crippen LogP contribution in [-0.2, 0) is 16.6 Å². The van der Waals surface area contributed by atoms with Crippen LogP contribution < -0.4 is 9.64 Å². The Bertz CT molecular complexity index is 1480. The molecule has 1 aliphatic rings. The highest BCUT2D eigenvalue weighted by molar-refractivity contribution is 7.89. The van der Waals surface area contributed by atoms with E-state index in [1.807, 2.05) is 19.1 Å². The highest BCUT2D eigenvalue weighted by Gasteiger charge is 2.35. The molecule has 11 heteroatoms. The number of rotatable bonds is 8. The molecule has 0 bridgehead atoms. The quantitative estimate of drug-likeness (QED) is 0.358. The lowest BCUT2D eigenvalue weighted by Gasteiger charge is -2.25. The van der Waals surface area contributed by atoms with Crippen LogP contribution in [0.3, 0.4) is 0 Å². The van der Waals surface area contributed by atoms with E-state index in [0.717, 1.165) is 28.7 Å². The van der Waals surface area contributed by atoms with Crippen LogP contribution in [0.4, 0.5) is 10.1 Å². The summed E-state index contributed by atoms with van der Waals surface area (Å²) in [6.45, 7) is 3.92. The first-order valence-electron chi connectivity index (χ1n) is 11.9. The van der Waals surface area contributed by atoms with Crippen molar-refractivity contribution in [3.05, 3.63) is 60.8 Å². The molecule has 0 saturated carbocycles. The van der Waals surface area contributed by atoms with Gasteiger partial charge in [0.05, 0.1) is 36.4 Å². The fraction of sp³-hybridized carbons (Fsp3) is 0.360. The van der Waals surface area contributed by atoms with Crippen molar-refractivity contribution in [1.29, 1.82) is 0 Å². The Kier molecular flexibility index (Phi) is 6.44. The predicted octanol–water partition coefficient (Wildman–Crippen LogP) is 3.68. The van der Waals surface area contributed by atoms with Crippen LogP contribution >= 0.6 is 0 Å². The Morgan fingerprint density at radius 2 is 1.94 bits per heavy atom. The number of benzene rings is 2. The molecule has 0 amide bonds. The fourth-order valence-corrected chi connectivity index (χ4v) is 6.02. The van der Waals surface area contributed by atoms with Gasteiger partial charge in [0, 0.05) is 50.4 Å². The van der Waals surface area contributed by atoms with Crippen molar-refractivity contribution in [2.24, 2.45) is 0 Å². The summed E-state index contributed by atoms with van der Waals surface area (Å²) in [5, 5.41) is 9.57. The molecule has 0 aliphatic carbocycles. The van der Waals surface area contributed by atoms with Gasteiger partial charge in [0.15, 0.2) is 0 Å². The van der Waals surface area contributed by atoms with Gasteiger partial charge in [-0.1, -0.05) is 6.92 Å². The first kappa shape index (κ1) is 24.3. The van der Waals surface area contributed by atoms with E-state index >= 15 is 0 Å². The maximum absolute atomic E-state index is 13.4. The molecular formula is C25H29FN6O3S. The van der Waals surface area contributed by atoms with Gasteiger partial charge in [-0.3, -0.25) is 4.68 Å². The molecule has 1 atom stereocenters. The Morgan fingerprint density at radius 3 is 2.67 bits per heavy atom. The van der Waals surface area contributed by atoms with E-state index in [-0.39, 0.29) is 16.8 Å². The van der Waals surface area contributed by atoms with Crippen LogP contribution in [0.1, 0.15) is 19.8 Å². The molecule has 2 aromatic carbocycles. The topological polar surface area (TPSA) is 85.5 Å². The van der Waals surface area contributed by atoms with Gasteiger partial charge in [-0.05, 0) is 43.2 Å². The van der Waals surface area contributed by atoms with Crippen LogP contribution in [0.15, 0.2) is 59.9 Å². The number of hydrogen-bond acceptors (Lipinski definition) is 6. The minimum absolute atomic E-state index is 0.188. The van der Waals surface area contributed by atoms with E-state index in [4.69, 9.17) is 4.74 Å². The van der Waals surface area contributed by atoms with E-state index in [1.54, 1.807) is 48.0 Å². The lowest BCUT2D eigenvalue weighted by molar-refractivity contribution is 0.389. The smallest absolute Gasteiger partial charge is 0.246 e. The fourth-order valence-electron chi connectivity index (χ4n) is 4.69. The zero-order valence-electron chi connectivity index (χ0n) is 20.5. The van der Waals surface area contributed by atoms with E-state index < -0.39 is 10.0 Å². The van der Waals surface area contributed by atoms with Gasteiger partial charge in [0.2, 0.25) is 10.0 Å². The van der Waals surface area contributed by atoms with Crippen molar-refractivity contribution in [2.45, 2.75) is 37.2 Å². The van der Waals surface area contributed by atoms with Crippen LogP contribution in [0.5, 0.6) is 5.75 Å². The van der Waals surface area contributed by atoms with Crippen LogP contribution in [0.2, 0.25) is 0 Å². The number of nitrogens with zero attached hydrogens (tertiary/aromatic N) is 6. The molecule has 1 fully saturated rings. The Balaban J connectivity index is 1.39. The van der Waals surface area contributed by atoms with Crippen molar-refractivity contribution in [1.82, 2.24) is 23.9 Å². The standard InChI is InChI=1S/C25H29FN6O3S/c1-4-10-31-17-22(15-27-31)36(33,34)29(2)21-9-11-30(16-21)24-12-18-14-28-32(23(18)13-25(24)35-3)20-7-5-19(26)6-8-20/h5-8,12-15,17,21H,4,9-11,16H2,1-3H3/t21-/m0/s1. The van der Waals surface area contributed by atoms with E-state index in [9.17, 15) is 12.8 Å². The van der Waals surface area contributed by atoms with E-state index in [2.05, 4.69) is 15.1 Å². The van der Waals surface area contributed by atoms with Gasteiger partial charge >= 0.3 is 0 Å². The number of sulfonamides is 1. The zero-order valence-corrected chi connectivity index (χ0v) is 21.3. The Morgan fingerprint density at radius 1 is 1.17 bits per heavy atom. The first-order chi connectivity index (χ1) is 17.3. The molecule has 0 N–H and O–H groups in total. The van der Waals surface area contributed by atoms with Crippen LogP contribution in [0.25, 0.3) is 16.6 Å². The SMILES string of the molecule is CCCn1cc(S(=O)(=O)N(C)[C@H]2CCN(c3cc4cnn(-c5ccc(F)cc5)c4cc3OC)C2)cn1. The van der Waals surface area contributed by atoms with E-state index in [0.29, 0.717) is 31.8 Å². The second-order valence-electron chi connectivity index (χ2n) is 8.96. The summed E-state index contributed by atoms with van der Waals surface area (Å²) < 4.78 is 50.4. The molecular weight excluding hydrogens is 483 g/mol. The van der Waals surface area contributed by atoms with Crippen molar-refractivity contribution in [2.75, 3.05) is 32.1 Å². The summed E-state index contributed by atoms with van der Waals surface area (Å²) in [6.07, 6.45) is 6.35. The number of anilines is 1. The van der Waals surface area contributed by atoms with Crippen molar-refractivity contribution in [3.63, 3.8) is 0 Å². The Hall–Kier alpha value is -3.44. The maximum atomic E-state index is 13.4.